The van der Waals surface area contributed by atoms with Crippen LogP contribution in [0.4, 0.5) is 0 Å². The first-order chi connectivity index (χ1) is 8.56. The minimum absolute atomic E-state index is 0.191. The molecule has 0 fully saturated rings. The standard InChI is InChI=1S/C14H21NO2S/c1-11(2)15-14(10-18-4,13(16)17-3)12-8-6-5-7-9-12/h5-9,11,15H,10H2,1-4H3. The van der Waals surface area contributed by atoms with Crippen LogP contribution in [-0.2, 0) is 15.1 Å². The Labute approximate surface area is 113 Å². The summed E-state index contributed by atoms with van der Waals surface area (Å²) in [6.45, 7) is 4.06. The summed E-state index contributed by atoms with van der Waals surface area (Å²) >= 11 is 1.63. The van der Waals surface area contributed by atoms with Crippen molar-refractivity contribution in [1.29, 1.82) is 0 Å². The molecule has 1 N–H and O–H groups in total. The molecule has 0 bridgehead atoms. The first-order valence-corrected chi connectivity index (χ1v) is 7.36. The molecule has 3 nitrogen and oxygen atoms in total. The molecule has 0 aliphatic carbocycles. The van der Waals surface area contributed by atoms with Crippen LogP contribution < -0.4 is 5.32 Å². The first-order valence-electron chi connectivity index (χ1n) is 5.97. The highest BCUT2D eigenvalue weighted by molar-refractivity contribution is 7.98. The summed E-state index contributed by atoms with van der Waals surface area (Å²) in [5.41, 5.74) is 0.170. The van der Waals surface area contributed by atoms with Gasteiger partial charge in [0.25, 0.3) is 0 Å². The van der Waals surface area contributed by atoms with Gasteiger partial charge in [0.05, 0.1) is 7.11 Å². The van der Waals surface area contributed by atoms with Gasteiger partial charge in [0.15, 0.2) is 5.54 Å². The maximum absolute atomic E-state index is 12.3. The summed E-state index contributed by atoms with van der Waals surface area (Å²) in [7, 11) is 1.43. The molecule has 18 heavy (non-hydrogen) atoms. The second kappa shape index (κ2) is 6.81. The average molecular weight is 267 g/mol. The van der Waals surface area contributed by atoms with E-state index in [0.29, 0.717) is 5.75 Å². The summed E-state index contributed by atoms with van der Waals surface area (Å²) in [4.78, 5) is 12.3. The van der Waals surface area contributed by atoms with Crippen molar-refractivity contribution in [3.05, 3.63) is 35.9 Å². The minimum atomic E-state index is -0.774. The van der Waals surface area contributed by atoms with Gasteiger partial charge in [-0.25, -0.2) is 4.79 Å². The van der Waals surface area contributed by atoms with Crippen molar-refractivity contribution in [2.24, 2.45) is 0 Å². The van der Waals surface area contributed by atoms with Crippen LogP contribution >= 0.6 is 11.8 Å². The predicted octanol–water partition coefficient (Wildman–Crippen LogP) is 2.42. The molecule has 0 aromatic heterocycles. The van der Waals surface area contributed by atoms with E-state index < -0.39 is 5.54 Å². The Hall–Kier alpha value is -1.00. The maximum Gasteiger partial charge on any atom is 0.331 e. The summed E-state index contributed by atoms with van der Waals surface area (Å²) in [5.74, 6) is 0.402. The van der Waals surface area contributed by atoms with E-state index >= 15 is 0 Å². The number of hydrogen-bond donors (Lipinski definition) is 1. The molecule has 0 saturated carbocycles. The third-order valence-corrected chi connectivity index (χ3v) is 3.42. The highest BCUT2D eigenvalue weighted by Crippen LogP contribution is 2.27. The van der Waals surface area contributed by atoms with Gasteiger partial charge in [-0.2, -0.15) is 11.8 Å². The number of carbonyl (C=O) groups excluding carboxylic acids is 1. The maximum atomic E-state index is 12.3. The van der Waals surface area contributed by atoms with E-state index in [4.69, 9.17) is 4.74 Å². The van der Waals surface area contributed by atoms with E-state index in [1.54, 1.807) is 11.8 Å². The molecular weight excluding hydrogens is 246 g/mol. The highest BCUT2D eigenvalue weighted by atomic mass is 32.2. The smallest absolute Gasteiger partial charge is 0.331 e. The number of methoxy groups -OCH3 is 1. The van der Waals surface area contributed by atoms with Gasteiger partial charge in [0.2, 0.25) is 0 Å². The third kappa shape index (κ3) is 3.27. The van der Waals surface area contributed by atoms with Crippen molar-refractivity contribution in [2.45, 2.75) is 25.4 Å². The Morgan fingerprint density at radius 3 is 2.44 bits per heavy atom. The van der Waals surface area contributed by atoms with Crippen molar-refractivity contribution in [1.82, 2.24) is 5.32 Å². The Morgan fingerprint density at radius 1 is 1.39 bits per heavy atom. The molecule has 0 heterocycles. The van der Waals surface area contributed by atoms with Gasteiger partial charge in [-0.15, -0.1) is 0 Å². The molecular formula is C14H21NO2S. The Balaban J connectivity index is 3.23. The zero-order valence-corrected chi connectivity index (χ0v) is 12.2. The Bertz CT molecular complexity index is 381. The summed E-state index contributed by atoms with van der Waals surface area (Å²) < 4.78 is 5.01. The molecule has 1 aromatic carbocycles. The lowest BCUT2D eigenvalue weighted by molar-refractivity contribution is -0.148. The van der Waals surface area contributed by atoms with Gasteiger partial charge < -0.3 is 4.74 Å². The number of hydrogen-bond acceptors (Lipinski definition) is 4. The molecule has 0 aliphatic rings. The number of benzene rings is 1. The summed E-state index contributed by atoms with van der Waals surface area (Å²) in [6.07, 6.45) is 1.99. The number of rotatable bonds is 6. The lowest BCUT2D eigenvalue weighted by Crippen LogP contribution is -2.54. The molecule has 1 aromatic rings. The van der Waals surface area contributed by atoms with E-state index in [9.17, 15) is 4.79 Å². The molecule has 0 aliphatic heterocycles. The van der Waals surface area contributed by atoms with Crippen LogP contribution in [0, 0.1) is 0 Å². The largest absolute Gasteiger partial charge is 0.467 e. The fraction of sp³-hybridized carbons (Fsp3) is 0.500. The van der Waals surface area contributed by atoms with Crippen molar-refractivity contribution in [3.8, 4) is 0 Å². The van der Waals surface area contributed by atoms with Crippen LogP contribution in [0.1, 0.15) is 19.4 Å². The third-order valence-electron chi connectivity index (χ3n) is 2.70. The fourth-order valence-corrected chi connectivity index (χ4v) is 2.85. The molecule has 100 valence electrons. The van der Waals surface area contributed by atoms with Crippen LogP contribution in [0.5, 0.6) is 0 Å². The van der Waals surface area contributed by atoms with E-state index in [0.717, 1.165) is 5.56 Å². The van der Waals surface area contributed by atoms with Gasteiger partial charge in [0.1, 0.15) is 0 Å². The number of esters is 1. The molecule has 4 heteroatoms. The monoisotopic (exact) mass is 267 g/mol. The molecule has 1 rings (SSSR count). The van der Waals surface area contributed by atoms with Crippen molar-refractivity contribution in [2.75, 3.05) is 19.1 Å². The summed E-state index contributed by atoms with van der Waals surface area (Å²) in [6, 6.07) is 9.94. The van der Waals surface area contributed by atoms with E-state index in [-0.39, 0.29) is 12.0 Å². The number of nitrogens with one attached hydrogen (secondary N) is 1. The quantitative estimate of drug-likeness (QED) is 0.803. The molecule has 0 radical (unpaired) electrons. The summed E-state index contributed by atoms with van der Waals surface area (Å²) in [5, 5.41) is 3.37. The Kier molecular flexibility index (Phi) is 5.69. The Morgan fingerprint density at radius 2 is 2.00 bits per heavy atom. The minimum Gasteiger partial charge on any atom is -0.467 e. The van der Waals surface area contributed by atoms with E-state index in [1.165, 1.54) is 7.11 Å². The SMILES string of the molecule is COC(=O)C(CSC)(NC(C)C)c1ccccc1. The van der Waals surface area contributed by atoms with Crippen molar-refractivity contribution in [3.63, 3.8) is 0 Å². The second-order valence-electron chi connectivity index (χ2n) is 4.49. The van der Waals surface area contributed by atoms with Gasteiger partial charge in [-0.3, -0.25) is 5.32 Å². The number of carbonyl (C=O) groups is 1. The second-order valence-corrected chi connectivity index (χ2v) is 5.36. The van der Waals surface area contributed by atoms with Gasteiger partial charge in [-0.1, -0.05) is 30.3 Å². The van der Waals surface area contributed by atoms with Crippen LogP contribution in [0.3, 0.4) is 0 Å². The highest BCUT2D eigenvalue weighted by Gasteiger charge is 2.41. The molecule has 0 amide bonds. The van der Waals surface area contributed by atoms with Gasteiger partial charge in [0, 0.05) is 11.8 Å². The van der Waals surface area contributed by atoms with Crippen LogP contribution in [0.25, 0.3) is 0 Å². The lowest BCUT2D eigenvalue weighted by Gasteiger charge is -2.34. The molecule has 0 saturated heterocycles. The van der Waals surface area contributed by atoms with Gasteiger partial charge in [-0.05, 0) is 25.7 Å². The fourth-order valence-electron chi connectivity index (χ4n) is 2.05. The number of thioether (sulfide) groups is 1. The average Bonchev–Trinajstić information content (AvgIpc) is 2.37. The zero-order valence-electron chi connectivity index (χ0n) is 11.4. The first kappa shape index (κ1) is 15.1. The van der Waals surface area contributed by atoms with Crippen LogP contribution in [0.15, 0.2) is 30.3 Å². The van der Waals surface area contributed by atoms with E-state index in [1.807, 2.05) is 50.4 Å². The van der Waals surface area contributed by atoms with Crippen molar-refractivity contribution < 1.29 is 9.53 Å². The molecule has 1 atom stereocenters. The normalized spacial score (nSPS) is 14.3. The zero-order chi connectivity index (χ0) is 13.6. The van der Waals surface area contributed by atoms with Crippen molar-refractivity contribution >= 4 is 17.7 Å². The lowest BCUT2D eigenvalue weighted by atomic mass is 9.91. The molecule has 0 spiro atoms. The van der Waals surface area contributed by atoms with E-state index in [2.05, 4.69) is 5.32 Å². The van der Waals surface area contributed by atoms with Gasteiger partial charge >= 0.3 is 5.97 Å². The van der Waals surface area contributed by atoms with Crippen LogP contribution in [0.2, 0.25) is 0 Å². The topological polar surface area (TPSA) is 38.3 Å². The van der Waals surface area contributed by atoms with Crippen LogP contribution in [-0.4, -0.2) is 31.1 Å². The molecule has 1 unspecified atom stereocenters. The predicted molar refractivity (Wildman–Crippen MR) is 76.8 cm³/mol. The number of ether oxygens (including phenoxy) is 1.